The quantitative estimate of drug-likeness (QED) is 0.856. The van der Waals surface area contributed by atoms with Gasteiger partial charge in [-0.05, 0) is 30.0 Å². The van der Waals surface area contributed by atoms with Gasteiger partial charge in [-0.3, -0.25) is 4.79 Å². The lowest BCUT2D eigenvalue weighted by molar-refractivity contribution is 0.102. The first-order valence-corrected chi connectivity index (χ1v) is 7.19. The summed E-state index contributed by atoms with van der Waals surface area (Å²) in [5.74, 6) is 0.720. The Morgan fingerprint density at radius 1 is 1.38 bits per heavy atom. The Morgan fingerprint density at radius 2 is 2.10 bits per heavy atom. The van der Waals surface area contributed by atoms with Gasteiger partial charge in [0.25, 0.3) is 5.91 Å². The van der Waals surface area contributed by atoms with Gasteiger partial charge in [0.05, 0.1) is 0 Å². The minimum absolute atomic E-state index is 0.268. The first-order valence-electron chi connectivity index (χ1n) is 7.19. The fourth-order valence-corrected chi connectivity index (χ4v) is 1.98. The molecule has 1 aromatic heterocycles. The Balaban J connectivity index is 2.01. The molecule has 112 valence electrons. The molecule has 0 fully saturated rings. The van der Waals surface area contributed by atoms with Gasteiger partial charge in [-0.1, -0.05) is 26.0 Å². The molecule has 0 saturated carbocycles. The maximum absolute atomic E-state index is 12.0. The molecule has 0 aliphatic rings. The van der Waals surface area contributed by atoms with Crippen LogP contribution >= 0.6 is 0 Å². The molecule has 21 heavy (non-hydrogen) atoms. The van der Waals surface area contributed by atoms with Crippen LogP contribution in [0.2, 0.25) is 0 Å². The minimum Gasteiger partial charge on any atom is -0.448 e. The number of benzene rings is 1. The summed E-state index contributed by atoms with van der Waals surface area (Å²) in [6, 6.07) is 7.87. The van der Waals surface area contributed by atoms with Crippen LogP contribution in [0.5, 0.6) is 0 Å². The van der Waals surface area contributed by atoms with Crippen LogP contribution in [0, 0.1) is 0 Å². The van der Waals surface area contributed by atoms with Crippen molar-refractivity contribution in [3.05, 3.63) is 47.7 Å². The van der Waals surface area contributed by atoms with E-state index in [2.05, 4.69) is 24.1 Å². The van der Waals surface area contributed by atoms with E-state index in [-0.39, 0.29) is 11.6 Å². The SMILES string of the molecule is CCC(C)c1ccc(NC(=O)c2coc(CCN)n2)cc1. The third-order valence-corrected chi connectivity index (χ3v) is 3.49. The van der Waals surface area contributed by atoms with Crippen molar-refractivity contribution < 1.29 is 9.21 Å². The van der Waals surface area contributed by atoms with Crippen LogP contribution < -0.4 is 11.1 Å². The van der Waals surface area contributed by atoms with Gasteiger partial charge in [0.1, 0.15) is 6.26 Å². The van der Waals surface area contributed by atoms with Gasteiger partial charge in [0.15, 0.2) is 11.6 Å². The zero-order valence-electron chi connectivity index (χ0n) is 12.4. The molecule has 2 aromatic rings. The number of nitrogens with one attached hydrogen (secondary N) is 1. The fraction of sp³-hybridized carbons (Fsp3) is 0.375. The van der Waals surface area contributed by atoms with E-state index in [1.165, 1.54) is 11.8 Å². The lowest BCUT2D eigenvalue weighted by Crippen LogP contribution is -2.12. The van der Waals surface area contributed by atoms with Crippen LogP contribution in [-0.4, -0.2) is 17.4 Å². The highest BCUT2D eigenvalue weighted by Crippen LogP contribution is 2.20. The molecular weight excluding hydrogens is 266 g/mol. The van der Waals surface area contributed by atoms with Gasteiger partial charge < -0.3 is 15.5 Å². The maximum atomic E-state index is 12.0. The Bertz CT molecular complexity index is 590. The number of rotatable bonds is 6. The topological polar surface area (TPSA) is 81.2 Å². The summed E-state index contributed by atoms with van der Waals surface area (Å²) in [7, 11) is 0. The van der Waals surface area contributed by atoms with Gasteiger partial charge in [-0.2, -0.15) is 0 Å². The van der Waals surface area contributed by atoms with Crippen molar-refractivity contribution in [2.45, 2.75) is 32.6 Å². The summed E-state index contributed by atoms with van der Waals surface area (Å²) >= 11 is 0. The van der Waals surface area contributed by atoms with Crippen molar-refractivity contribution in [1.29, 1.82) is 0 Å². The van der Waals surface area contributed by atoms with Crippen LogP contribution in [-0.2, 0) is 6.42 Å². The number of aromatic nitrogens is 1. The third-order valence-electron chi connectivity index (χ3n) is 3.49. The monoisotopic (exact) mass is 287 g/mol. The molecule has 0 spiro atoms. The first-order chi connectivity index (χ1) is 10.1. The van der Waals surface area contributed by atoms with E-state index in [0.29, 0.717) is 24.8 Å². The van der Waals surface area contributed by atoms with Crippen molar-refractivity contribution in [3.63, 3.8) is 0 Å². The number of carbonyl (C=O) groups is 1. The summed E-state index contributed by atoms with van der Waals surface area (Å²) in [6.45, 7) is 4.78. The van der Waals surface area contributed by atoms with Crippen LogP contribution in [0.15, 0.2) is 34.9 Å². The minimum atomic E-state index is -0.279. The average molecular weight is 287 g/mol. The molecule has 0 bridgehead atoms. The molecule has 0 saturated heterocycles. The van der Waals surface area contributed by atoms with Gasteiger partial charge >= 0.3 is 0 Å². The summed E-state index contributed by atoms with van der Waals surface area (Å²) in [6.07, 6.45) is 2.97. The highest BCUT2D eigenvalue weighted by Gasteiger charge is 2.12. The number of amides is 1. The number of nitrogens with two attached hydrogens (primary N) is 1. The van der Waals surface area contributed by atoms with Gasteiger partial charge in [0.2, 0.25) is 0 Å². The van der Waals surface area contributed by atoms with Crippen molar-refractivity contribution in [2.24, 2.45) is 5.73 Å². The highest BCUT2D eigenvalue weighted by molar-refractivity contribution is 6.02. The Labute approximate surface area is 124 Å². The van der Waals surface area contributed by atoms with E-state index in [4.69, 9.17) is 10.2 Å². The zero-order valence-corrected chi connectivity index (χ0v) is 12.4. The van der Waals surface area contributed by atoms with Crippen LogP contribution in [0.3, 0.4) is 0 Å². The van der Waals surface area contributed by atoms with Crippen molar-refractivity contribution >= 4 is 11.6 Å². The van der Waals surface area contributed by atoms with Crippen LogP contribution in [0.4, 0.5) is 5.69 Å². The van der Waals surface area contributed by atoms with Crippen molar-refractivity contribution in [1.82, 2.24) is 4.98 Å². The molecule has 1 amide bonds. The summed E-state index contributed by atoms with van der Waals surface area (Å²) in [5.41, 5.74) is 7.70. The number of hydrogen-bond donors (Lipinski definition) is 2. The second-order valence-corrected chi connectivity index (χ2v) is 5.05. The predicted molar refractivity (Wildman–Crippen MR) is 82.4 cm³/mol. The summed E-state index contributed by atoms with van der Waals surface area (Å²) in [4.78, 5) is 16.1. The lowest BCUT2D eigenvalue weighted by Gasteiger charge is -2.10. The number of nitrogens with zero attached hydrogens (tertiary/aromatic N) is 1. The number of oxazole rings is 1. The molecule has 1 aromatic carbocycles. The molecule has 3 N–H and O–H groups in total. The van der Waals surface area contributed by atoms with E-state index >= 15 is 0 Å². The molecule has 1 heterocycles. The van der Waals surface area contributed by atoms with E-state index in [9.17, 15) is 4.79 Å². The Hall–Kier alpha value is -2.14. The van der Waals surface area contributed by atoms with Gasteiger partial charge in [-0.25, -0.2) is 4.98 Å². The summed E-state index contributed by atoms with van der Waals surface area (Å²) < 4.78 is 5.18. The standard InChI is InChI=1S/C16H21N3O2/c1-3-11(2)12-4-6-13(7-5-12)18-16(20)14-10-21-15(19-14)8-9-17/h4-7,10-11H,3,8-9,17H2,1-2H3,(H,18,20). The second kappa shape index (κ2) is 7.04. The van der Waals surface area contributed by atoms with Crippen molar-refractivity contribution in [2.75, 3.05) is 11.9 Å². The highest BCUT2D eigenvalue weighted by atomic mass is 16.3. The van der Waals surface area contributed by atoms with E-state index < -0.39 is 0 Å². The zero-order chi connectivity index (χ0) is 15.2. The van der Waals surface area contributed by atoms with Crippen LogP contribution in [0.1, 0.15) is 48.1 Å². The fourth-order valence-electron chi connectivity index (χ4n) is 1.98. The molecule has 2 rings (SSSR count). The molecule has 0 aliphatic carbocycles. The molecule has 1 unspecified atom stereocenters. The molecule has 0 radical (unpaired) electrons. The Kier molecular flexibility index (Phi) is 5.11. The van der Waals surface area contributed by atoms with Crippen molar-refractivity contribution in [3.8, 4) is 0 Å². The van der Waals surface area contributed by atoms with E-state index in [1.807, 2.05) is 24.3 Å². The van der Waals surface area contributed by atoms with Crippen LogP contribution in [0.25, 0.3) is 0 Å². The largest absolute Gasteiger partial charge is 0.448 e. The lowest BCUT2D eigenvalue weighted by atomic mass is 9.99. The second-order valence-electron chi connectivity index (χ2n) is 5.05. The molecule has 1 atom stereocenters. The summed E-state index contributed by atoms with van der Waals surface area (Å²) in [5, 5.41) is 2.81. The van der Waals surface area contributed by atoms with Gasteiger partial charge in [0, 0.05) is 18.7 Å². The smallest absolute Gasteiger partial charge is 0.277 e. The Morgan fingerprint density at radius 3 is 2.71 bits per heavy atom. The molecule has 5 nitrogen and oxygen atoms in total. The number of hydrogen-bond acceptors (Lipinski definition) is 4. The first kappa shape index (κ1) is 15.3. The third kappa shape index (κ3) is 3.92. The van der Waals surface area contributed by atoms with E-state index in [1.54, 1.807) is 0 Å². The maximum Gasteiger partial charge on any atom is 0.277 e. The number of anilines is 1. The molecular formula is C16H21N3O2. The predicted octanol–water partition coefficient (Wildman–Crippen LogP) is 2.94. The van der Waals surface area contributed by atoms with E-state index in [0.717, 1.165) is 12.1 Å². The van der Waals surface area contributed by atoms with Gasteiger partial charge in [-0.15, -0.1) is 0 Å². The average Bonchev–Trinajstić information content (AvgIpc) is 2.96. The number of carbonyl (C=O) groups excluding carboxylic acids is 1. The normalized spacial score (nSPS) is 12.1. The molecule has 0 aliphatic heterocycles. The molecule has 5 heteroatoms.